The van der Waals surface area contributed by atoms with E-state index in [1.807, 2.05) is 44.2 Å². The minimum absolute atomic E-state index is 0.00549. The fourth-order valence-electron chi connectivity index (χ4n) is 3.28. The molecule has 2 aromatic heterocycles. The van der Waals surface area contributed by atoms with Gasteiger partial charge in [0, 0.05) is 18.4 Å². The van der Waals surface area contributed by atoms with Crippen LogP contribution in [0.15, 0.2) is 53.3 Å². The van der Waals surface area contributed by atoms with Crippen molar-refractivity contribution in [2.24, 2.45) is 7.05 Å². The SMILES string of the molecule is CC(OC(=O)Cc1nn(C)c(=O)c2ccccc12)C(C)c1nc2ccccc2s1. The molecule has 0 aliphatic carbocycles. The lowest BCUT2D eigenvalue weighted by Gasteiger charge is -2.18. The van der Waals surface area contributed by atoms with Gasteiger partial charge in [0.15, 0.2) is 0 Å². The van der Waals surface area contributed by atoms with Crippen molar-refractivity contribution in [1.82, 2.24) is 14.8 Å². The molecule has 4 rings (SSSR count). The number of esters is 1. The number of hydrogen-bond acceptors (Lipinski definition) is 6. The van der Waals surface area contributed by atoms with Crippen LogP contribution in [0.2, 0.25) is 0 Å². The van der Waals surface area contributed by atoms with Crippen LogP contribution in [0.3, 0.4) is 0 Å². The maximum Gasteiger partial charge on any atom is 0.312 e. The van der Waals surface area contributed by atoms with Gasteiger partial charge in [-0.3, -0.25) is 9.59 Å². The summed E-state index contributed by atoms with van der Waals surface area (Å²) in [6.07, 6.45) is -0.326. The number of aromatic nitrogens is 3. The van der Waals surface area contributed by atoms with Gasteiger partial charge in [-0.2, -0.15) is 5.10 Å². The molecule has 29 heavy (non-hydrogen) atoms. The van der Waals surface area contributed by atoms with Crippen molar-refractivity contribution in [2.75, 3.05) is 0 Å². The third kappa shape index (κ3) is 3.78. The zero-order chi connectivity index (χ0) is 20.5. The van der Waals surface area contributed by atoms with Crippen molar-refractivity contribution in [3.05, 3.63) is 69.6 Å². The van der Waals surface area contributed by atoms with Gasteiger partial charge in [0.1, 0.15) is 11.1 Å². The number of benzene rings is 2. The van der Waals surface area contributed by atoms with Crippen molar-refractivity contribution in [3.8, 4) is 0 Å². The molecule has 0 fully saturated rings. The Balaban J connectivity index is 1.51. The summed E-state index contributed by atoms with van der Waals surface area (Å²) in [7, 11) is 1.58. The molecular formula is C22H21N3O3S. The van der Waals surface area contributed by atoms with Crippen LogP contribution in [0.4, 0.5) is 0 Å². The number of para-hydroxylation sites is 1. The first-order chi connectivity index (χ1) is 13.9. The lowest BCUT2D eigenvalue weighted by atomic mass is 10.1. The molecule has 0 spiro atoms. The highest BCUT2D eigenvalue weighted by molar-refractivity contribution is 7.18. The lowest BCUT2D eigenvalue weighted by Crippen LogP contribution is -2.25. The summed E-state index contributed by atoms with van der Waals surface area (Å²) in [4.78, 5) is 29.5. The van der Waals surface area contributed by atoms with Crippen LogP contribution in [0.1, 0.15) is 30.5 Å². The molecule has 7 heteroatoms. The molecule has 0 aliphatic rings. The Labute approximate surface area is 171 Å². The van der Waals surface area contributed by atoms with Gasteiger partial charge in [-0.05, 0) is 25.1 Å². The number of hydrogen-bond donors (Lipinski definition) is 0. The van der Waals surface area contributed by atoms with Gasteiger partial charge in [-0.25, -0.2) is 9.67 Å². The summed E-state index contributed by atoms with van der Waals surface area (Å²) in [5.74, 6) is -0.400. The molecule has 2 unspecified atom stereocenters. The van der Waals surface area contributed by atoms with Gasteiger partial charge in [0.05, 0.1) is 27.7 Å². The van der Waals surface area contributed by atoms with Gasteiger partial charge in [-0.1, -0.05) is 37.3 Å². The van der Waals surface area contributed by atoms with E-state index >= 15 is 0 Å². The van der Waals surface area contributed by atoms with Gasteiger partial charge in [0.2, 0.25) is 0 Å². The van der Waals surface area contributed by atoms with Crippen molar-refractivity contribution in [2.45, 2.75) is 32.3 Å². The highest BCUT2D eigenvalue weighted by atomic mass is 32.1. The summed E-state index contributed by atoms with van der Waals surface area (Å²) < 4.78 is 8.07. The molecule has 0 radical (unpaired) electrons. The van der Waals surface area contributed by atoms with E-state index in [9.17, 15) is 9.59 Å². The number of rotatable bonds is 5. The predicted molar refractivity (Wildman–Crippen MR) is 114 cm³/mol. The third-order valence-corrected chi connectivity index (χ3v) is 6.30. The highest BCUT2D eigenvalue weighted by Crippen LogP contribution is 2.30. The summed E-state index contributed by atoms with van der Waals surface area (Å²) >= 11 is 1.62. The Morgan fingerprint density at radius 1 is 1.10 bits per heavy atom. The first-order valence-corrected chi connectivity index (χ1v) is 10.3. The number of thiazole rings is 1. The first-order valence-electron chi connectivity index (χ1n) is 9.44. The Morgan fingerprint density at radius 3 is 2.55 bits per heavy atom. The molecule has 0 bridgehead atoms. The number of aryl methyl sites for hydroxylation is 1. The number of ether oxygens (including phenoxy) is 1. The number of fused-ring (bicyclic) bond motifs is 2. The normalized spacial score (nSPS) is 13.5. The van der Waals surface area contributed by atoms with Crippen molar-refractivity contribution in [3.63, 3.8) is 0 Å². The molecule has 4 aromatic rings. The molecule has 6 nitrogen and oxygen atoms in total. The smallest absolute Gasteiger partial charge is 0.312 e. The van der Waals surface area contributed by atoms with E-state index in [2.05, 4.69) is 10.1 Å². The first kappa shape index (κ1) is 19.3. The minimum atomic E-state index is -0.373. The number of carbonyl (C=O) groups is 1. The Bertz CT molecular complexity index is 1230. The Hall–Kier alpha value is -3.06. The van der Waals surface area contributed by atoms with Crippen LogP contribution in [0.25, 0.3) is 21.0 Å². The van der Waals surface area contributed by atoms with Crippen LogP contribution in [-0.4, -0.2) is 26.8 Å². The maximum absolute atomic E-state index is 12.6. The van der Waals surface area contributed by atoms with Gasteiger partial charge >= 0.3 is 5.97 Å². The highest BCUT2D eigenvalue weighted by Gasteiger charge is 2.23. The van der Waals surface area contributed by atoms with Crippen molar-refractivity contribution >= 4 is 38.3 Å². The largest absolute Gasteiger partial charge is 0.462 e. The van der Waals surface area contributed by atoms with Gasteiger partial charge in [-0.15, -0.1) is 11.3 Å². The minimum Gasteiger partial charge on any atom is -0.462 e. The molecule has 0 amide bonds. The van der Waals surface area contributed by atoms with E-state index in [-0.39, 0.29) is 30.0 Å². The summed E-state index contributed by atoms with van der Waals surface area (Å²) in [6.45, 7) is 3.89. The Morgan fingerprint density at radius 2 is 1.79 bits per heavy atom. The second kappa shape index (κ2) is 7.75. The second-order valence-corrected chi connectivity index (χ2v) is 8.16. The average molecular weight is 407 g/mol. The van der Waals surface area contributed by atoms with Crippen molar-refractivity contribution < 1.29 is 9.53 Å². The van der Waals surface area contributed by atoms with Crippen LogP contribution in [0, 0.1) is 0 Å². The van der Waals surface area contributed by atoms with Gasteiger partial charge in [0.25, 0.3) is 5.56 Å². The standard InChI is InChI=1S/C22H21N3O3S/c1-13(21-23-17-10-6-7-11-19(17)29-21)14(2)28-20(26)12-18-15-8-4-5-9-16(15)22(27)25(3)24-18/h4-11,13-14H,12H2,1-3H3. The van der Waals surface area contributed by atoms with Crippen LogP contribution in [-0.2, 0) is 23.0 Å². The molecule has 2 aromatic carbocycles. The third-order valence-electron chi connectivity index (χ3n) is 5.07. The Kier molecular flexibility index (Phi) is 5.15. The molecule has 2 atom stereocenters. The summed E-state index contributed by atoms with van der Waals surface area (Å²) in [5.41, 5.74) is 1.31. The van der Waals surface area contributed by atoms with Crippen LogP contribution >= 0.6 is 11.3 Å². The topological polar surface area (TPSA) is 74.1 Å². The van der Waals surface area contributed by atoms with E-state index < -0.39 is 0 Å². The molecular weight excluding hydrogens is 386 g/mol. The molecule has 148 valence electrons. The molecule has 0 aliphatic heterocycles. The van der Waals surface area contributed by atoms with E-state index in [0.29, 0.717) is 16.5 Å². The van der Waals surface area contributed by atoms with Crippen LogP contribution < -0.4 is 5.56 Å². The quantitative estimate of drug-likeness (QED) is 0.470. The number of carbonyl (C=O) groups excluding carboxylic acids is 1. The maximum atomic E-state index is 12.6. The van der Waals surface area contributed by atoms with Gasteiger partial charge < -0.3 is 4.74 Å². The average Bonchev–Trinajstić information content (AvgIpc) is 3.15. The zero-order valence-electron chi connectivity index (χ0n) is 16.5. The fourth-order valence-corrected chi connectivity index (χ4v) is 4.39. The fraction of sp³-hybridized carbons (Fsp3) is 0.273. The predicted octanol–water partition coefficient (Wildman–Crippen LogP) is 3.82. The zero-order valence-corrected chi connectivity index (χ0v) is 17.3. The summed E-state index contributed by atoms with van der Waals surface area (Å²) in [6, 6.07) is 15.1. The molecule has 0 saturated carbocycles. The molecule has 0 saturated heterocycles. The molecule has 2 heterocycles. The van der Waals surface area contributed by atoms with E-state index in [0.717, 1.165) is 15.2 Å². The molecule has 0 N–H and O–H groups in total. The second-order valence-electron chi connectivity index (χ2n) is 7.10. The van der Waals surface area contributed by atoms with Crippen LogP contribution in [0.5, 0.6) is 0 Å². The van der Waals surface area contributed by atoms with Crippen molar-refractivity contribution in [1.29, 1.82) is 0 Å². The van der Waals surface area contributed by atoms with E-state index in [4.69, 9.17) is 4.74 Å². The lowest BCUT2D eigenvalue weighted by molar-refractivity contribution is -0.148. The van der Waals surface area contributed by atoms with E-state index in [1.165, 1.54) is 4.68 Å². The summed E-state index contributed by atoms with van der Waals surface area (Å²) in [5, 5.41) is 6.44. The monoisotopic (exact) mass is 407 g/mol. The number of nitrogens with zero attached hydrogens (tertiary/aromatic N) is 3. The van der Waals surface area contributed by atoms with E-state index in [1.54, 1.807) is 36.6 Å².